The molecular formula is C24H31F3N4O5. The van der Waals surface area contributed by atoms with Crippen molar-refractivity contribution in [3.63, 3.8) is 0 Å². The lowest BCUT2D eigenvalue weighted by Crippen LogP contribution is -2.40. The molecule has 9 nitrogen and oxygen atoms in total. The monoisotopic (exact) mass is 512 g/mol. The number of halogens is 3. The molecule has 1 aliphatic rings. The second-order valence-corrected chi connectivity index (χ2v) is 9.75. The molecule has 3 rings (SSSR count). The lowest BCUT2D eigenvalue weighted by molar-refractivity contribution is -0.274. The number of aromatic carboxylic acids is 1. The number of ether oxygens (including phenoxy) is 2. The minimum atomic E-state index is -4.81. The standard InChI is InChI=1S/C24H31F3N4O5/c1-14-12-19-18(13-28-14)20(21(32)33)31(29-19)11-10-30(22(34)36-23(3,4)5)15(2)16-6-8-17(9-7-16)35-24(25,26)27/h6-9,14-15,28H,10-13H2,1-5H3,(H,32,33)/t14-,15+/m1/s1. The van der Waals surface area contributed by atoms with Crippen LogP contribution >= 0.6 is 0 Å². The summed E-state index contributed by atoms with van der Waals surface area (Å²) < 4.78 is 48.4. The lowest BCUT2D eigenvalue weighted by atomic mass is 10.0. The Morgan fingerprint density at radius 2 is 1.89 bits per heavy atom. The predicted octanol–water partition coefficient (Wildman–Crippen LogP) is 4.51. The fraction of sp³-hybridized carbons (Fsp3) is 0.542. The minimum absolute atomic E-state index is 0.0563. The van der Waals surface area contributed by atoms with Crippen molar-refractivity contribution in [1.82, 2.24) is 20.0 Å². The van der Waals surface area contributed by atoms with Crippen LogP contribution in [0, 0.1) is 0 Å². The van der Waals surface area contributed by atoms with Gasteiger partial charge in [-0.2, -0.15) is 5.10 Å². The molecule has 2 aromatic rings. The van der Waals surface area contributed by atoms with Gasteiger partial charge in [0.1, 0.15) is 11.4 Å². The summed E-state index contributed by atoms with van der Waals surface area (Å²) in [5, 5.41) is 17.5. The highest BCUT2D eigenvalue weighted by atomic mass is 19.4. The van der Waals surface area contributed by atoms with Gasteiger partial charge >= 0.3 is 18.4 Å². The maximum Gasteiger partial charge on any atom is 0.573 e. The van der Waals surface area contributed by atoms with E-state index in [1.54, 1.807) is 27.7 Å². The number of aromatic nitrogens is 2. The minimum Gasteiger partial charge on any atom is -0.477 e. The number of nitrogens with one attached hydrogen (secondary N) is 1. The molecule has 198 valence electrons. The third-order valence-electron chi connectivity index (χ3n) is 5.71. The Kier molecular flexibility index (Phi) is 7.87. The van der Waals surface area contributed by atoms with Gasteiger partial charge in [-0.05, 0) is 52.3 Å². The second-order valence-electron chi connectivity index (χ2n) is 9.75. The molecule has 36 heavy (non-hydrogen) atoms. The Morgan fingerprint density at radius 3 is 2.44 bits per heavy atom. The van der Waals surface area contributed by atoms with Crippen LogP contribution in [0.2, 0.25) is 0 Å². The quantitative estimate of drug-likeness (QED) is 0.562. The van der Waals surface area contributed by atoms with E-state index < -0.39 is 30.1 Å². The molecule has 2 atom stereocenters. The van der Waals surface area contributed by atoms with Crippen LogP contribution in [0.4, 0.5) is 18.0 Å². The fourth-order valence-corrected chi connectivity index (χ4v) is 4.03. The van der Waals surface area contributed by atoms with Crippen molar-refractivity contribution < 1.29 is 37.3 Å². The molecule has 2 N–H and O–H groups in total. The van der Waals surface area contributed by atoms with Gasteiger partial charge in [0, 0.05) is 31.1 Å². The molecule has 0 fully saturated rings. The van der Waals surface area contributed by atoms with Crippen LogP contribution in [0.25, 0.3) is 0 Å². The van der Waals surface area contributed by atoms with Crippen molar-refractivity contribution in [2.75, 3.05) is 6.54 Å². The summed E-state index contributed by atoms with van der Waals surface area (Å²) in [5.41, 5.74) is 1.15. The van der Waals surface area contributed by atoms with Gasteiger partial charge in [0.05, 0.1) is 18.3 Å². The fourth-order valence-electron chi connectivity index (χ4n) is 4.03. The van der Waals surface area contributed by atoms with E-state index in [2.05, 4.69) is 15.2 Å². The van der Waals surface area contributed by atoms with Gasteiger partial charge in [-0.25, -0.2) is 9.59 Å². The first-order valence-electron chi connectivity index (χ1n) is 11.5. The van der Waals surface area contributed by atoms with Crippen LogP contribution in [0.5, 0.6) is 5.75 Å². The Bertz CT molecular complexity index is 1090. The number of carboxylic acid groups (broad SMARTS) is 1. The van der Waals surface area contributed by atoms with Crippen LogP contribution in [0.15, 0.2) is 24.3 Å². The van der Waals surface area contributed by atoms with E-state index in [9.17, 15) is 27.9 Å². The Balaban J connectivity index is 1.86. The van der Waals surface area contributed by atoms with E-state index >= 15 is 0 Å². The van der Waals surface area contributed by atoms with Crippen molar-refractivity contribution in [3.8, 4) is 5.75 Å². The third kappa shape index (κ3) is 6.90. The van der Waals surface area contributed by atoms with E-state index in [0.717, 1.165) is 0 Å². The summed E-state index contributed by atoms with van der Waals surface area (Å²) in [5.74, 6) is -1.49. The van der Waals surface area contributed by atoms with Gasteiger partial charge in [-0.1, -0.05) is 12.1 Å². The van der Waals surface area contributed by atoms with Crippen molar-refractivity contribution in [2.45, 2.75) is 78.2 Å². The molecule has 0 bridgehead atoms. The first kappa shape index (κ1) is 27.3. The first-order chi connectivity index (χ1) is 16.6. The zero-order chi connectivity index (χ0) is 26.8. The van der Waals surface area contributed by atoms with Gasteiger partial charge in [0.15, 0.2) is 5.69 Å². The van der Waals surface area contributed by atoms with Crippen LogP contribution < -0.4 is 10.1 Å². The maximum absolute atomic E-state index is 13.1. The molecule has 0 aliphatic carbocycles. The molecule has 1 aromatic carbocycles. The van der Waals surface area contributed by atoms with Crippen molar-refractivity contribution in [1.29, 1.82) is 0 Å². The number of carboxylic acids is 1. The molecule has 0 radical (unpaired) electrons. The van der Waals surface area contributed by atoms with E-state index in [0.29, 0.717) is 29.8 Å². The summed E-state index contributed by atoms with van der Waals surface area (Å²) in [4.78, 5) is 26.5. The Labute approximate surface area is 207 Å². The number of hydrogen-bond donors (Lipinski definition) is 2. The molecular weight excluding hydrogens is 481 g/mol. The highest BCUT2D eigenvalue weighted by Crippen LogP contribution is 2.28. The summed E-state index contributed by atoms with van der Waals surface area (Å²) in [6.45, 7) is 9.37. The highest BCUT2D eigenvalue weighted by molar-refractivity contribution is 5.88. The zero-order valence-corrected chi connectivity index (χ0v) is 20.8. The van der Waals surface area contributed by atoms with E-state index in [1.807, 2.05) is 6.92 Å². The van der Waals surface area contributed by atoms with Gasteiger partial charge in [0.2, 0.25) is 0 Å². The molecule has 1 aromatic heterocycles. The van der Waals surface area contributed by atoms with Crippen LogP contribution in [-0.4, -0.2) is 56.4 Å². The predicted molar refractivity (Wildman–Crippen MR) is 124 cm³/mol. The molecule has 0 unspecified atom stereocenters. The van der Waals surface area contributed by atoms with Crippen molar-refractivity contribution in [2.24, 2.45) is 0 Å². The van der Waals surface area contributed by atoms with Crippen LogP contribution in [0.1, 0.15) is 68.0 Å². The summed E-state index contributed by atoms with van der Waals surface area (Å²) in [7, 11) is 0. The summed E-state index contributed by atoms with van der Waals surface area (Å²) in [6, 6.07) is 4.78. The van der Waals surface area contributed by atoms with Crippen molar-refractivity contribution in [3.05, 3.63) is 46.8 Å². The van der Waals surface area contributed by atoms with Crippen LogP contribution in [0.3, 0.4) is 0 Å². The molecule has 0 spiro atoms. The van der Waals surface area contributed by atoms with E-state index in [1.165, 1.54) is 33.8 Å². The molecule has 0 saturated carbocycles. The van der Waals surface area contributed by atoms with E-state index in [4.69, 9.17) is 4.74 Å². The summed E-state index contributed by atoms with van der Waals surface area (Å²) >= 11 is 0. The zero-order valence-electron chi connectivity index (χ0n) is 20.8. The number of rotatable bonds is 7. The number of hydrogen-bond acceptors (Lipinski definition) is 6. The third-order valence-corrected chi connectivity index (χ3v) is 5.71. The Morgan fingerprint density at radius 1 is 1.25 bits per heavy atom. The number of nitrogens with zero attached hydrogens (tertiary/aromatic N) is 3. The largest absolute Gasteiger partial charge is 0.573 e. The number of carbonyl (C=O) groups is 2. The second kappa shape index (κ2) is 10.4. The lowest BCUT2D eigenvalue weighted by Gasteiger charge is -2.32. The van der Waals surface area contributed by atoms with Gasteiger partial charge < -0.3 is 19.9 Å². The number of benzene rings is 1. The van der Waals surface area contributed by atoms with E-state index in [-0.39, 0.29) is 30.6 Å². The molecule has 1 aliphatic heterocycles. The molecule has 1 amide bonds. The number of alkyl halides is 3. The normalized spacial score (nSPS) is 16.7. The SMILES string of the molecule is C[C@@H]1Cc2nn(CCN(C(=O)OC(C)(C)C)[C@@H](C)c3ccc(OC(F)(F)F)cc3)c(C(=O)O)c2CN1. The molecule has 12 heteroatoms. The van der Waals surface area contributed by atoms with Gasteiger partial charge in [-0.15, -0.1) is 13.2 Å². The summed E-state index contributed by atoms with van der Waals surface area (Å²) in [6.07, 6.45) is -4.87. The smallest absolute Gasteiger partial charge is 0.477 e. The first-order valence-corrected chi connectivity index (χ1v) is 11.5. The van der Waals surface area contributed by atoms with Crippen LogP contribution in [-0.2, 0) is 24.2 Å². The number of amides is 1. The highest BCUT2D eigenvalue weighted by Gasteiger charge is 2.32. The molecule has 0 saturated heterocycles. The number of fused-ring (bicyclic) bond motifs is 1. The maximum atomic E-state index is 13.1. The molecule has 2 heterocycles. The number of carbonyl (C=O) groups excluding carboxylic acids is 1. The van der Waals surface area contributed by atoms with Gasteiger partial charge in [-0.3, -0.25) is 9.58 Å². The van der Waals surface area contributed by atoms with Gasteiger partial charge in [0.25, 0.3) is 0 Å². The topological polar surface area (TPSA) is 106 Å². The average Bonchev–Trinajstić information content (AvgIpc) is 3.09. The van der Waals surface area contributed by atoms with Crippen molar-refractivity contribution >= 4 is 12.1 Å². The average molecular weight is 513 g/mol. The Hall–Kier alpha value is -3.28.